The number of nitrogens with zero attached hydrogens (tertiary/aromatic N) is 1. The zero-order chi connectivity index (χ0) is 20.2. The average molecular weight is 372 g/mol. The van der Waals surface area contributed by atoms with E-state index in [9.17, 15) is 19.5 Å². The summed E-state index contributed by atoms with van der Waals surface area (Å²) < 4.78 is 0. The summed E-state index contributed by atoms with van der Waals surface area (Å²) in [6.07, 6.45) is 6.46. The number of allylic oxidation sites excluding steroid dienone is 2. The first-order chi connectivity index (χ1) is 12.9. The summed E-state index contributed by atoms with van der Waals surface area (Å²) in [5, 5.41) is 12.0. The maximum absolute atomic E-state index is 12.6. The Morgan fingerprint density at radius 1 is 1.22 bits per heavy atom. The molecule has 0 saturated carbocycles. The second-order valence-corrected chi connectivity index (χ2v) is 6.35. The van der Waals surface area contributed by atoms with Crippen molar-refractivity contribution < 1.29 is 19.5 Å². The molecular formula is C21H28N2O4. The largest absolute Gasteiger partial charge is 0.508 e. The number of hydrogen-bond donors (Lipinski definition) is 2. The fraction of sp³-hybridized carbons (Fsp3) is 0.381. The van der Waals surface area contributed by atoms with E-state index < -0.39 is 5.91 Å². The highest BCUT2D eigenvalue weighted by Crippen LogP contribution is 2.15. The third-order valence-electron chi connectivity index (χ3n) is 3.96. The van der Waals surface area contributed by atoms with Crippen LogP contribution in [0.15, 0.2) is 47.7 Å². The number of hydrogen-bond acceptors (Lipinski definition) is 5. The highest BCUT2D eigenvalue weighted by Gasteiger charge is 2.13. The summed E-state index contributed by atoms with van der Waals surface area (Å²) in [6.45, 7) is 2.52. The highest BCUT2D eigenvalue weighted by molar-refractivity contribution is 6.12. The Labute approximate surface area is 160 Å². The van der Waals surface area contributed by atoms with Gasteiger partial charge in [-0.05, 0) is 30.2 Å². The number of phenolic OH excluding ortho intramolecular Hbond substituents is 1. The molecule has 0 heterocycles. The van der Waals surface area contributed by atoms with Crippen LogP contribution >= 0.6 is 0 Å². The monoisotopic (exact) mass is 372 g/mol. The number of carbonyl (C=O) groups is 3. The van der Waals surface area contributed by atoms with E-state index in [1.54, 1.807) is 36.3 Å². The molecule has 0 aliphatic rings. The Balaban J connectivity index is 3.08. The maximum atomic E-state index is 12.6. The molecule has 0 unspecified atom stereocenters. The molecule has 0 aliphatic heterocycles. The quantitative estimate of drug-likeness (QED) is 0.156. The molecule has 0 fully saturated rings. The van der Waals surface area contributed by atoms with Gasteiger partial charge >= 0.3 is 0 Å². The van der Waals surface area contributed by atoms with E-state index in [-0.39, 0.29) is 17.1 Å². The van der Waals surface area contributed by atoms with Crippen molar-refractivity contribution in [3.05, 3.63) is 53.3 Å². The number of likely N-dealkylation sites (N-methyl/N-ethyl adjacent to an activating group) is 1. The van der Waals surface area contributed by atoms with Crippen molar-refractivity contribution in [2.75, 3.05) is 14.1 Å². The number of rotatable bonds is 11. The minimum atomic E-state index is -0.534. The fourth-order valence-electron chi connectivity index (χ4n) is 2.56. The van der Waals surface area contributed by atoms with Crippen molar-refractivity contribution >= 4 is 18.0 Å². The van der Waals surface area contributed by atoms with Crippen molar-refractivity contribution in [3.8, 4) is 5.75 Å². The zero-order valence-corrected chi connectivity index (χ0v) is 16.2. The standard InChI is InChI=1S/C21H28N2O4/c1-4-5-6-10-20(26)17(12-18(15-24)21(27)22-2)14-23(3)13-16-8-7-9-19(25)11-16/h7-9,11-12,14-15,25H,4-6,10,13H2,1-3H3,(H,22,27)/b17-14+,18-12+. The Bertz CT molecular complexity index is 723. The van der Waals surface area contributed by atoms with Gasteiger partial charge < -0.3 is 15.3 Å². The predicted octanol–water partition coefficient (Wildman–Crippen LogP) is 2.73. The SMILES string of the molecule is CCCCCC(=O)C(/C=C(\C=O)C(=O)NC)=C/N(C)Cc1cccc(O)c1. The van der Waals surface area contributed by atoms with E-state index >= 15 is 0 Å². The minimum absolute atomic E-state index is 0.0988. The number of benzene rings is 1. The van der Waals surface area contributed by atoms with Crippen LogP contribution in [0.2, 0.25) is 0 Å². The van der Waals surface area contributed by atoms with Crippen molar-refractivity contribution in [2.24, 2.45) is 0 Å². The van der Waals surface area contributed by atoms with Crippen LogP contribution in [-0.2, 0) is 20.9 Å². The number of Topliss-reactive ketones (excluding diaryl/α,β-unsaturated/α-hetero) is 1. The minimum Gasteiger partial charge on any atom is -0.508 e. The Morgan fingerprint density at radius 2 is 1.96 bits per heavy atom. The van der Waals surface area contributed by atoms with Crippen LogP contribution in [0.25, 0.3) is 0 Å². The van der Waals surface area contributed by atoms with Gasteiger partial charge in [-0.2, -0.15) is 0 Å². The fourth-order valence-corrected chi connectivity index (χ4v) is 2.56. The summed E-state index contributed by atoms with van der Waals surface area (Å²) in [5.74, 6) is -0.481. The first kappa shape index (κ1) is 22.2. The number of aldehydes is 1. The summed E-state index contributed by atoms with van der Waals surface area (Å²) >= 11 is 0. The van der Waals surface area contributed by atoms with Crippen LogP contribution in [0.3, 0.4) is 0 Å². The lowest BCUT2D eigenvalue weighted by atomic mass is 10.0. The van der Waals surface area contributed by atoms with Gasteiger partial charge in [0.25, 0.3) is 5.91 Å². The maximum Gasteiger partial charge on any atom is 0.254 e. The summed E-state index contributed by atoms with van der Waals surface area (Å²) in [4.78, 5) is 37.4. The van der Waals surface area contributed by atoms with E-state index in [1.165, 1.54) is 13.1 Å². The first-order valence-corrected chi connectivity index (χ1v) is 9.03. The van der Waals surface area contributed by atoms with Gasteiger partial charge in [0.1, 0.15) is 5.75 Å². The van der Waals surface area contributed by atoms with Gasteiger partial charge in [-0.15, -0.1) is 0 Å². The predicted molar refractivity (Wildman–Crippen MR) is 105 cm³/mol. The van der Waals surface area contributed by atoms with Crippen molar-refractivity contribution in [1.82, 2.24) is 10.2 Å². The molecule has 6 nitrogen and oxygen atoms in total. The molecule has 1 aromatic rings. The van der Waals surface area contributed by atoms with Crippen LogP contribution < -0.4 is 5.32 Å². The molecular weight excluding hydrogens is 344 g/mol. The second kappa shape index (κ2) is 11.7. The Kier molecular flexibility index (Phi) is 9.58. The number of nitrogens with one attached hydrogen (secondary N) is 1. The van der Waals surface area contributed by atoms with Crippen molar-refractivity contribution in [3.63, 3.8) is 0 Å². The lowest BCUT2D eigenvalue weighted by Crippen LogP contribution is -2.21. The lowest BCUT2D eigenvalue weighted by Gasteiger charge is -2.16. The van der Waals surface area contributed by atoms with Crippen LogP contribution in [0.4, 0.5) is 0 Å². The number of amides is 1. The number of carbonyl (C=O) groups excluding carboxylic acids is 3. The van der Waals surface area contributed by atoms with Gasteiger partial charge in [0.15, 0.2) is 12.1 Å². The third-order valence-corrected chi connectivity index (χ3v) is 3.96. The smallest absolute Gasteiger partial charge is 0.254 e. The number of phenols is 1. The molecule has 1 aromatic carbocycles. The van der Waals surface area contributed by atoms with Gasteiger partial charge in [-0.1, -0.05) is 31.9 Å². The molecule has 0 aromatic heterocycles. The molecule has 2 N–H and O–H groups in total. The lowest BCUT2D eigenvalue weighted by molar-refractivity contribution is -0.118. The summed E-state index contributed by atoms with van der Waals surface area (Å²) in [5.41, 5.74) is 1.08. The van der Waals surface area contributed by atoms with Crippen LogP contribution in [0.1, 0.15) is 38.2 Å². The van der Waals surface area contributed by atoms with Crippen LogP contribution in [0.5, 0.6) is 5.75 Å². The van der Waals surface area contributed by atoms with Gasteiger partial charge in [-0.25, -0.2) is 0 Å². The molecule has 0 atom stereocenters. The van der Waals surface area contributed by atoms with Gasteiger partial charge in [0.2, 0.25) is 0 Å². The first-order valence-electron chi connectivity index (χ1n) is 9.03. The Morgan fingerprint density at radius 3 is 2.56 bits per heavy atom. The van der Waals surface area contributed by atoms with Crippen molar-refractivity contribution in [1.29, 1.82) is 0 Å². The van der Waals surface area contributed by atoms with E-state index in [1.807, 2.05) is 6.07 Å². The van der Waals surface area contributed by atoms with Gasteiger partial charge in [0.05, 0.1) is 5.57 Å². The van der Waals surface area contributed by atoms with Crippen LogP contribution in [-0.4, -0.2) is 42.1 Å². The molecule has 0 aliphatic carbocycles. The molecule has 27 heavy (non-hydrogen) atoms. The number of aromatic hydroxyl groups is 1. The Hall–Kier alpha value is -2.89. The average Bonchev–Trinajstić information content (AvgIpc) is 2.64. The second-order valence-electron chi connectivity index (χ2n) is 6.35. The molecule has 0 saturated heterocycles. The molecule has 0 radical (unpaired) electrons. The topological polar surface area (TPSA) is 86.7 Å². The summed E-state index contributed by atoms with van der Waals surface area (Å²) in [7, 11) is 3.22. The zero-order valence-electron chi connectivity index (χ0n) is 16.2. The molecule has 6 heteroatoms. The highest BCUT2D eigenvalue weighted by atomic mass is 16.3. The summed E-state index contributed by atoms with van der Waals surface area (Å²) in [6, 6.07) is 6.84. The third kappa shape index (κ3) is 7.90. The normalized spacial score (nSPS) is 11.8. The van der Waals surface area contributed by atoms with Gasteiger partial charge in [0, 0.05) is 38.8 Å². The molecule has 146 valence electrons. The van der Waals surface area contributed by atoms with Crippen LogP contribution in [0, 0.1) is 0 Å². The van der Waals surface area contributed by atoms with E-state index in [0.717, 1.165) is 24.8 Å². The van der Waals surface area contributed by atoms with E-state index in [2.05, 4.69) is 12.2 Å². The van der Waals surface area contributed by atoms with E-state index in [4.69, 9.17) is 0 Å². The van der Waals surface area contributed by atoms with E-state index in [0.29, 0.717) is 24.8 Å². The molecule has 0 spiro atoms. The number of unbranched alkanes of at least 4 members (excludes halogenated alkanes) is 2. The molecule has 0 bridgehead atoms. The molecule has 1 amide bonds. The van der Waals surface area contributed by atoms with Crippen molar-refractivity contribution in [2.45, 2.75) is 39.2 Å². The van der Waals surface area contributed by atoms with Gasteiger partial charge in [-0.3, -0.25) is 14.4 Å². The number of ketones is 1. The molecule has 1 rings (SSSR count).